The third-order valence-electron chi connectivity index (χ3n) is 14.9. The average molecular weight is 799 g/mol. The Labute approximate surface area is 344 Å². The van der Waals surface area contributed by atoms with Crippen LogP contribution in [0, 0.1) is 17.3 Å². The van der Waals surface area contributed by atoms with Crippen LogP contribution in [0.3, 0.4) is 0 Å². The van der Waals surface area contributed by atoms with E-state index < -0.39 is 43.4 Å². The lowest BCUT2D eigenvalue weighted by atomic mass is 9.55. The van der Waals surface area contributed by atoms with Crippen LogP contribution in [0.4, 0.5) is 0 Å². The van der Waals surface area contributed by atoms with Crippen molar-refractivity contribution in [3.05, 3.63) is 83.9 Å². The summed E-state index contributed by atoms with van der Waals surface area (Å²) in [5, 5.41) is 0. The van der Waals surface area contributed by atoms with Crippen LogP contribution in [-0.2, 0) is 46.2 Å². The number of ether oxygens (including phenoxy) is 4. The summed E-state index contributed by atoms with van der Waals surface area (Å²) < 4.78 is 36.7. The normalized spacial score (nSPS) is 32.2. The second kappa shape index (κ2) is 17.6. The van der Waals surface area contributed by atoms with Gasteiger partial charge in [-0.05, 0) is 82.6 Å². The lowest BCUT2D eigenvalue weighted by Crippen LogP contribution is -2.74. The van der Waals surface area contributed by atoms with Crippen molar-refractivity contribution in [1.29, 1.82) is 0 Å². The Morgan fingerprint density at radius 1 is 0.789 bits per heavy atom. The predicted octanol–water partition coefficient (Wildman–Crippen LogP) is 11.2. The Balaban J connectivity index is 1.46. The molecule has 5 aliphatic rings. The molecule has 4 aliphatic carbocycles. The maximum absolute atomic E-state index is 16.2. The highest BCUT2D eigenvalue weighted by Crippen LogP contribution is 2.60. The fourth-order valence-corrected chi connectivity index (χ4v) is 17.2. The summed E-state index contributed by atoms with van der Waals surface area (Å²) in [6, 6.07) is 20.4. The van der Waals surface area contributed by atoms with Gasteiger partial charge < -0.3 is 28.2 Å². The SMILES string of the molecule is C=C1CC[C@@H]2OC(C)(C)O[C@H]3[C@H]2[C@@H]1[C@H](OCc1ccccc1)[C@@](CCC(C)=O)(O[Si](C)(C1CCCCC1)C1CCCCC1)C(C)(C)C(=O)[C@H]3OCc1ccccc1. The topological polar surface area (TPSA) is 80.3 Å². The van der Waals surface area contributed by atoms with Gasteiger partial charge in [-0.25, -0.2) is 0 Å². The van der Waals surface area contributed by atoms with E-state index in [1.165, 1.54) is 38.5 Å². The van der Waals surface area contributed by atoms with Gasteiger partial charge in [-0.3, -0.25) is 4.79 Å². The molecule has 7 atom stereocenters. The first kappa shape index (κ1) is 42.7. The van der Waals surface area contributed by atoms with Crippen molar-refractivity contribution in [2.75, 3.05) is 0 Å². The highest BCUT2D eigenvalue weighted by Gasteiger charge is 2.69. The van der Waals surface area contributed by atoms with Crippen molar-refractivity contribution in [3.8, 4) is 0 Å². The Kier molecular flexibility index (Phi) is 13.2. The molecule has 7 rings (SSSR count). The van der Waals surface area contributed by atoms with Crippen LogP contribution in [0.5, 0.6) is 0 Å². The molecule has 2 aromatic rings. The first-order valence-electron chi connectivity index (χ1n) is 22.3. The number of hydrogen-bond acceptors (Lipinski definition) is 7. The zero-order valence-electron chi connectivity index (χ0n) is 35.8. The summed E-state index contributed by atoms with van der Waals surface area (Å²) in [6.45, 7) is 17.7. The van der Waals surface area contributed by atoms with Gasteiger partial charge in [-0.1, -0.05) is 137 Å². The summed E-state index contributed by atoms with van der Waals surface area (Å²) in [4.78, 5) is 29.5. The van der Waals surface area contributed by atoms with Crippen molar-refractivity contribution in [1.82, 2.24) is 0 Å². The third-order valence-corrected chi connectivity index (χ3v) is 20.1. The second-order valence-electron chi connectivity index (χ2n) is 19.4. The van der Waals surface area contributed by atoms with E-state index >= 15 is 4.79 Å². The van der Waals surface area contributed by atoms with Crippen LogP contribution in [0.2, 0.25) is 17.6 Å². The molecule has 1 heterocycles. The van der Waals surface area contributed by atoms with E-state index in [0.717, 1.165) is 55.2 Å². The van der Waals surface area contributed by atoms with Gasteiger partial charge in [0.05, 0.1) is 36.4 Å². The van der Waals surface area contributed by atoms with E-state index in [0.29, 0.717) is 24.1 Å². The highest BCUT2D eigenvalue weighted by molar-refractivity contribution is 6.75. The van der Waals surface area contributed by atoms with Crippen LogP contribution >= 0.6 is 0 Å². The van der Waals surface area contributed by atoms with Gasteiger partial charge >= 0.3 is 0 Å². The molecule has 4 saturated carbocycles. The fourth-order valence-electron chi connectivity index (χ4n) is 11.8. The van der Waals surface area contributed by atoms with Crippen molar-refractivity contribution in [2.45, 2.75) is 191 Å². The molecule has 7 nitrogen and oxygen atoms in total. The average Bonchev–Trinajstić information content (AvgIpc) is 3.21. The molecular formula is C49H70O7Si. The summed E-state index contributed by atoms with van der Waals surface area (Å²) in [5.74, 6) is -1.44. The van der Waals surface area contributed by atoms with Crippen LogP contribution < -0.4 is 0 Å². The molecule has 57 heavy (non-hydrogen) atoms. The maximum Gasteiger partial charge on any atom is 0.196 e. The predicted molar refractivity (Wildman–Crippen MR) is 227 cm³/mol. The van der Waals surface area contributed by atoms with E-state index in [-0.39, 0.29) is 42.5 Å². The number of carbonyl (C=O) groups excluding carboxylic acids is 2. The summed E-state index contributed by atoms with van der Waals surface area (Å²) in [7, 11) is -2.69. The number of rotatable bonds is 13. The van der Waals surface area contributed by atoms with Gasteiger partial charge in [0.1, 0.15) is 18.0 Å². The molecular weight excluding hydrogens is 729 g/mol. The van der Waals surface area contributed by atoms with E-state index in [4.69, 9.17) is 30.0 Å². The summed E-state index contributed by atoms with van der Waals surface area (Å²) in [6.07, 6.45) is 11.9. The summed E-state index contributed by atoms with van der Waals surface area (Å²) >= 11 is 0. The van der Waals surface area contributed by atoms with Crippen molar-refractivity contribution >= 4 is 19.9 Å². The van der Waals surface area contributed by atoms with Crippen LogP contribution in [0.15, 0.2) is 72.8 Å². The molecule has 1 aliphatic heterocycles. The zero-order valence-corrected chi connectivity index (χ0v) is 36.8. The van der Waals surface area contributed by atoms with Gasteiger partial charge in [0, 0.05) is 18.3 Å². The Hall–Kier alpha value is -2.46. The monoisotopic (exact) mass is 798 g/mol. The Morgan fingerprint density at radius 3 is 1.88 bits per heavy atom. The number of benzene rings is 2. The Bertz CT molecular complexity index is 1660. The molecule has 1 saturated heterocycles. The van der Waals surface area contributed by atoms with Crippen LogP contribution in [-0.4, -0.2) is 55.7 Å². The minimum atomic E-state index is -2.69. The first-order chi connectivity index (χ1) is 27.3. The number of hydrogen-bond donors (Lipinski definition) is 0. The molecule has 0 unspecified atom stereocenters. The standard InChI is InChI=1S/C49H70O7Si/c1-34-28-29-40-42-41(34)46(53-33-37-22-14-9-15-23-37)49(31-30-35(2)50,56-57(7,38-24-16-10-17-25-38)39-26-18-11-19-27-39)47(3,4)45(51)44(43(42)55-48(5,6)54-40)52-32-36-20-12-8-13-21-36/h8-9,12-15,20-23,38-44,46H,1,10-11,16-19,24-33H2,2-7H3/t40-,41+,42+,43-,44-,46-,49+/m0/s1. The first-order valence-corrected chi connectivity index (χ1v) is 24.9. The molecule has 5 fully saturated rings. The zero-order chi connectivity index (χ0) is 40.4. The molecule has 0 aromatic heterocycles. The smallest absolute Gasteiger partial charge is 0.196 e. The van der Waals surface area contributed by atoms with E-state index in [1.54, 1.807) is 6.92 Å². The van der Waals surface area contributed by atoms with Gasteiger partial charge in [0.2, 0.25) is 0 Å². The number of ketones is 2. The van der Waals surface area contributed by atoms with Gasteiger partial charge in [0.15, 0.2) is 19.9 Å². The maximum atomic E-state index is 16.2. The number of Topliss-reactive ketones (excluding diaryl/α,β-unsaturated/α-hetero) is 2. The summed E-state index contributed by atoms with van der Waals surface area (Å²) in [5.41, 5.74) is 1.76. The minimum Gasteiger partial charge on any atom is -0.407 e. The van der Waals surface area contributed by atoms with Gasteiger partial charge in [0.25, 0.3) is 0 Å². The lowest BCUT2D eigenvalue weighted by molar-refractivity contribution is -0.353. The molecule has 0 N–H and O–H groups in total. The molecule has 2 aromatic carbocycles. The van der Waals surface area contributed by atoms with Crippen molar-refractivity contribution < 1.29 is 33.0 Å². The number of carbonyl (C=O) groups is 2. The lowest BCUT2D eigenvalue weighted by Gasteiger charge is -2.63. The highest BCUT2D eigenvalue weighted by atomic mass is 28.4. The minimum absolute atomic E-state index is 0.0463. The quantitative estimate of drug-likeness (QED) is 0.147. The molecule has 0 bridgehead atoms. The van der Waals surface area contributed by atoms with Gasteiger partial charge in [-0.15, -0.1) is 0 Å². The molecule has 0 amide bonds. The molecule has 8 heteroatoms. The van der Waals surface area contributed by atoms with E-state index in [1.807, 2.05) is 62.4 Å². The van der Waals surface area contributed by atoms with Gasteiger partial charge in [-0.2, -0.15) is 0 Å². The van der Waals surface area contributed by atoms with Crippen molar-refractivity contribution in [2.24, 2.45) is 17.3 Å². The molecule has 0 spiro atoms. The van der Waals surface area contributed by atoms with Crippen LogP contribution in [0.1, 0.15) is 136 Å². The fraction of sp³-hybridized carbons (Fsp3) is 0.673. The molecule has 312 valence electrons. The van der Waals surface area contributed by atoms with Crippen molar-refractivity contribution in [3.63, 3.8) is 0 Å². The second-order valence-corrected chi connectivity index (χ2v) is 23.6. The van der Waals surface area contributed by atoms with E-state index in [9.17, 15) is 4.79 Å². The van der Waals surface area contributed by atoms with Crippen LogP contribution in [0.25, 0.3) is 0 Å². The third kappa shape index (κ3) is 8.74. The Morgan fingerprint density at radius 2 is 1.33 bits per heavy atom. The van der Waals surface area contributed by atoms with E-state index in [2.05, 4.69) is 32.5 Å². The largest absolute Gasteiger partial charge is 0.407 e. The molecule has 0 radical (unpaired) electrons.